The summed E-state index contributed by atoms with van der Waals surface area (Å²) >= 11 is 3.48. The number of aromatic nitrogens is 4. The fraction of sp³-hybridized carbons (Fsp3) is 0.167. The SMILES string of the molecule is CCn1cc(-c2nc3c(Br)cccn3c2N)cn1. The predicted molar refractivity (Wildman–Crippen MR) is 74.2 cm³/mol. The van der Waals surface area contributed by atoms with Gasteiger partial charge in [0.15, 0.2) is 5.65 Å². The Balaban J connectivity index is 2.23. The molecule has 0 saturated carbocycles. The summed E-state index contributed by atoms with van der Waals surface area (Å²) in [5, 5.41) is 4.24. The van der Waals surface area contributed by atoms with Gasteiger partial charge >= 0.3 is 0 Å². The number of hydrogen-bond donors (Lipinski definition) is 1. The quantitative estimate of drug-likeness (QED) is 0.791. The Labute approximate surface area is 112 Å². The van der Waals surface area contributed by atoms with Crippen LogP contribution in [0.5, 0.6) is 0 Å². The van der Waals surface area contributed by atoms with E-state index >= 15 is 0 Å². The van der Waals surface area contributed by atoms with Gasteiger partial charge in [-0.3, -0.25) is 9.08 Å². The van der Waals surface area contributed by atoms with Crippen LogP contribution in [0.2, 0.25) is 0 Å². The Morgan fingerprint density at radius 3 is 2.94 bits per heavy atom. The minimum absolute atomic E-state index is 0.627. The van der Waals surface area contributed by atoms with Crippen LogP contribution in [0.3, 0.4) is 0 Å². The van der Waals surface area contributed by atoms with Crippen molar-refractivity contribution < 1.29 is 0 Å². The molecule has 0 unspecified atom stereocenters. The molecule has 0 aromatic carbocycles. The average Bonchev–Trinajstić information content (AvgIpc) is 2.96. The topological polar surface area (TPSA) is 61.1 Å². The summed E-state index contributed by atoms with van der Waals surface area (Å²) in [6.45, 7) is 2.87. The monoisotopic (exact) mass is 305 g/mol. The molecule has 3 heterocycles. The molecular weight excluding hydrogens is 294 g/mol. The van der Waals surface area contributed by atoms with E-state index < -0.39 is 0 Å². The van der Waals surface area contributed by atoms with Crippen LogP contribution in [-0.4, -0.2) is 19.2 Å². The van der Waals surface area contributed by atoms with E-state index in [1.807, 2.05) is 40.5 Å². The molecule has 0 saturated heterocycles. The second kappa shape index (κ2) is 4.13. The molecule has 92 valence electrons. The van der Waals surface area contributed by atoms with Crippen LogP contribution >= 0.6 is 15.9 Å². The number of nitrogens with two attached hydrogens (primary N) is 1. The van der Waals surface area contributed by atoms with Gasteiger partial charge in [-0.1, -0.05) is 0 Å². The third-order valence-corrected chi connectivity index (χ3v) is 3.49. The maximum Gasteiger partial charge on any atom is 0.153 e. The Hall–Kier alpha value is -1.82. The standard InChI is InChI=1S/C12H12BrN5/c1-2-17-7-8(6-15-17)10-11(14)18-5-3-4-9(13)12(18)16-10/h3-7H,2,14H2,1H3. The number of rotatable bonds is 2. The molecule has 5 nitrogen and oxygen atoms in total. The lowest BCUT2D eigenvalue weighted by Gasteiger charge is -1.97. The van der Waals surface area contributed by atoms with Crippen molar-refractivity contribution in [2.75, 3.05) is 5.73 Å². The largest absolute Gasteiger partial charge is 0.383 e. The van der Waals surface area contributed by atoms with Gasteiger partial charge < -0.3 is 5.73 Å². The van der Waals surface area contributed by atoms with Crippen LogP contribution in [-0.2, 0) is 6.54 Å². The first-order valence-corrected chi connectivity index (χ1v) is 6.45. The number of fused-ring (bicyclic) bond motifs is 1. The molecule has 0 amide bonds. The second-order valence-electron chi connectivity index (χ2n) is 3.98. The Bertz CT molecular complexity index is 712. The van der Waals surface area contributed by atoms with Crippen LogP contribution in [0.15, 0.2) is 35.2 Å². The van der Waals surface area contributed by atoms with E-state index in [9.17, 15) is 0 Å². The zero-order chi connectivity index (χ0) is 12.7. The summed E-state index contributed by atoms with van der Waals surface area (Å²) in [6, 6.07) is 3.87. The third-order valence-electron chi connectivity index (χ3n) is 2.87. The molecule has 6 heteroatoms. The summed E-state index contributed by atoms with van der Waals surface area (Å²) in [7, 11) is 0. The van der Waals surface area contributed by atoms with E-state index in [0.29, 0.717) is 5.82 Å². The van der Waals surface area contributed by atoms with Crippen molar-refractivity contribution in [2.45, 2.75) is 13.5 Å². The first-order valence-electron chi connectivity index (χ1n) is 5.65. The molecule has 0 atom stereocenters. The molecule has 0 spiro atoms. The van der Waals surface area contributed by atoms with Crippen LogP contribution in [0.4, 0.5) is 5.82 Å². The zero-order valence-electron chi connectivity index (χ0n) is 9.84. The van der Waals surface area contributed by atoms with Crippen LogP contribution < -0.4 is 5.73 Å². The molecule has 0 aliphatic carbocycles. The van der Waals surface area contributed by atoms with Crippen LogP contribution in [0, 0.1) is 0 Å². The number of anilines is 1. The molecule has 0 fully saturated rings. The van der Waals surface area contributed by atoms with Crippen molar-refractivity contribution in [1.82, 2.24) is 19.2 Å². The van der Waals surface area contributed by atoms with Gasteiger partial charge in [-0.05, 0) is 35.0 Å². The fourth-order valence-electron chi connectivity index (χ4n) is 1.92. The normalized spacial score (nSPS) is 11.2. The summed E-state index contributed by atoms with van der Waals surface area (Å²) < 4.78 is 4.64. The van der Waals surface area contributed by atoms with E-state index in [-0.39, 0.29) is 0 Å². The highest BCUT2D eigenvalue weighted by Gasteiger charge is 2.14. The molecule has 0 aliphatic rings. The minimum Gasteiger partial charge on any atom is -0.383 e. The molecule has 3 rings (SSSR count). The number of aryl methyl sites for hydroxylation is 1. The average molecular weight is 306 g/mol. The van der Waals surface area contributed by atoms with Gasteiger partial charge in [0.1, 0.15) is 11.5 Å². The second-order valence-corrected chi connectivity index (χ2v) is 4.83. The lowest BCUT2D eigenvalue weighted by Crippen LogP contribution is -1.94. The predicted octanol–water partition coefficient (Wildman–Crippen LogP) is 2.56. The number of imidazole rings is 1. The highest BCUT2D eigenvalue weighted by Crippen LogP contribution is 2.28. The Morgan fingerprint density at radius 1 is 1.44 bits per heavy atom. The lowest BCUT2D eigenvalue weighted by atomic mass is 10.2. The van der Waals surface area contributed by atoms with E-state index in [2.05, 4.69) is 26.0 Å². The van der Waals surface area contributed by atoms with Crippen LogP contribution in [0.25, 0.3) is 16.9 Å². The Kier molecular flexibility index (Phi) is 2.59. The van der Waals surface area contributed by atoms with E-state index in [0.717, 1.165) is 27.9 Å². The molecule has 0 aliphatic heterocycles. The maximum absolute atomic E-state index is 6.13. The number of hydrogen-bond acceptors (Lipinski definition) is 3. The number of nitrogens with zero attached hydrogens (tertiary/aromatic N) is 4. The van der Waals surface area contributed by atoms with Crippen molar-refractivity contribution in [2.24, 2.45) is 0 Å². The fourth-order valence-corrected chi connectivity index (χ4v) is 2.36. The molecule has 3 aromatic heterocycles. The minimum atomic E-state index is 0.627. The third kappa shape index (κ3) is 1.60. The molecule has 0 bridgehead atoms. The zero-order valence-corrected chi connectivity index (χ0v) is 11.4. The number of nitrogen functional groups attached to an aromatic ring is 1. The summed E-state index contributed by atoms with van der Waals surface area (Å²) in [4.78, 5) is 4.57. The molecule has 2 N–H and O–H groups in total. The molecule has 3 aromatic rings. The van der Waals surface area contributed by atoms with Crippen LogP contribution in [0.1, 0.15) is 6.92 Å². The molecule has 18 heavy (non-hydrogen) atoms. The van der Waals surface area contributed by atoms with Crippen molar-refractivity contribution in [3.05, 3.63) is 35.2 Å². The van der Waals surface area contributed by atoms with E-state index in [1.165, 1.54) is 0 Å². The van der Waals surface area contributed by atoms with Gasteiger partial charge in [-0.15, -0.1) is 0 Å². The van der Waals surface area contributed by atoms with Crippen molar-refractivity contribution in [3.8, 4) is 11.3 Å². The molecular formula is C12H12BrN5. The van der Waals surface area contributed by atoms with Crippen molar-refractivity contribution in [3.63, 3.8) is 0 Å². The van der Waals surface area contributed by atoms with E-state index in [4.69, 9.17) is 5.73 Å². The molecule has 0 radical (unpaired) electrons. The van der Waals surface area contributed by atoms with Gasteiger partial charge in [-0.2, -0.15) is 5.10 Å². The van der Waals surface area contributed by atoms with Gasteiger partial charge in [-0.25, -0.2) is 4.98 Å². The van der Waals surface area contributed by atoms with Crippen molar-refractivity contribution in [1.29, 1.82) is 0 Å². The van der Waals surface area contributed by atoms with Gasteiger partial charge in [0.25, 0.3) is 0 Å². The first kappa shape index (κ1) is 11.3. The smallest absolute Gasteiger partial charge is 0.153 e. The summed E-state index contributed by atoms with van der Waals surface area (Å²) in [6.07, 6.45) is 5.64. The highest BCUT2D eigenvalue weighted by atomic mass is 79.9. The highest BCUT2D eigenvalue weighted by molar-refractivity contribution is 9.10. The number of pyridine rings is 1. The van der Waals surface area contributed by atoms with E-state index in [1.54, 1.807) is 6.20 Å². The maximum atomic E-state index is 6.13. The van der Waals surface area contributed by atoms with Gasteiger partial charge in [0.05, 0.1) is 10.7 Å². The van der Waals surface area contributed by atoms with Crippen molar-refractivity contribution >= 4 is 27.4 Å². The van der Waals surface area contributed by atoms with Gasteiger partial charge in [0.2, 0.25) is 0 Å². The summed E-state index contributed by atoms with van der Waals surface area (Å²) in [5.74, 6) is 0.627. The first-order chi connectivity index (χ1) is 8.70. The van der Waals surface area contributed by atoms with Gasteiger partial charge in [0, 0.05) is 24.5 Å². The number of halogens is 1. The summed E-state index contributed by atoms with van der Waals surface area (Å²) in [5.41, 5.74) is 8.65. The lowest BCUT2D eigenvalue weighted by molar-refractivity contribution is 0.660. The Morgan fingerprint density at radius 2 is 2.28 bits per heavy atom.